The van der Waals surface area contributed by atoms with Crippen LogP contribution in [0, 0.1) is 5.41 Å². The summed E-state index contributed by atoms with van der Waals surface area (Å²) in [4.78, 5) is 11.6. The van der Waals surface area contributed by atoms with E-state index in [9.17, 15) is 4.79 Å². The third-order valence-electron chi connectivity index (χ3n) is 4.21. The van der Waals surface area contributed by atoms with Crippen LogP contribution in [0.5, 0.6) is 0 Å². The molecule has 1 fully saturated rings. The number of carbonyl (C=O) groups excluding carboxylic acids is 1. The van der Waals surface area contributed by atoms with E-state index in [1.165, 1.54) is 20.0 Å². The Bertz CT molecular complexity index is 487. The Balaban J connectivity index is 2.09. The molecule has 1 saturated carbocycles. The maximum absolute atomic E-state index is 11.6. The first-order valence-electron chi connectivity index (χ1n) is 7.16. The third-order valence-corrected chi connectivity index (χ3v) is 4.21. The van der Waals surface area contributed by atoms with Crippen molar-refractivity contribution in [1.82, 2.24) is 0 Å². The fourth-order valence-corrected chi connectivity index (χ4v) is 2.74. The van der Waals surface area contributed by atoms with Crippen molar-refractivity contribution < 1.29 is 9.53 Å². The van der Waals surface area contributed by atoms with Crippen molar-refractivity contribution in [2.24, 2.45) is 5.41 Å². The van der Waals surface area contributed by atoms with Crippen molar-refractivity contribution in [1.29, 1.82) is 0 Å². The van der Waals surface area contributed by atoms with Gasteiger partial charge in [-0.3, -0.25) is 0 Å². The van der Waals surface area contributed by atoms with Crippen LogP contribution in [-0.2, 0) is 4.74 Å². The molecule has 2 rings (SSSR count). The molecule has 20 heavy (non-hydrogen) atoms. The zero-order valence-electron chi connectivity index (χ0n) is 12.5. The second-order valence-electron chi connectivity index (χ2n) is 6.34. The Labute approximate surface area is 120 Å². The molecule has 0 atom stereocenters. The second kappa shape index (κ2) is 5.73. The lowest BCUT2D eigenvalue weighted by molar-refractivity contribution is 0.0602. The molecular weight excluding hydrogens is 252 g/mol. The molecule has 0 unspecified atom stereocenters. The molecule has 0 aromatic heterocycles. The van der Waals surface area contributed by atoms with E-state index in [2.05, 4.69) is 19.2 Å². The van der Waals surface area contributed by atoms with E-state index in [0.717, 1.165) is 18.5 Å². The standard InChI is InChI=1S/C16H24N2O2/c1-16(2)9-7-11(8-10-16)18-13-6-4-5-12(14(13)17)15(19)20-3/h4-6,11,18H,7-10,17H2,1-3H3. The maximum atomic E-state index is 11.6. The van der Waals surface area contributed by atoms with Crippen LogP contribution >= 0.6 is 0 Å². The van der Waals surface area contributed by atoms with Gasteiger partial charge in [-0.05, 0) is 43.2 Å². The minimum Gasteiger partial charge on any atom is -0.465 e. The van der Waals surface area contributed by atoms with Gasteiger partial charge in [0.1, 0.15) is 0 Å². The van der Waals surface area contributed by atoms with E-state index in [1.54, 1.807) is 6.07 Å². The topological polar surface area (TPSA) is 64.3 Å². The van der Waals surface area contributed by atoms with E-state index in [1.807, 2.05) is 12.1 Å². The molecule has 0 aliphatic heterocycles. The summed E-state index contributed by atoms with van der Waals surface area (Å²) in [6.45, 7) is 4.63. The molecule has 3 N–H and O–H groups in total. The molecule has 1 aliphatic carbocycles. The van der Waals surface area contributed by atoms with Gasteiger partial charge in [0.25, 0.3) is 0 Å². The minimum atomic E-state index is -0.393. The number of methoxy groups -OCH3 is 1. The fourth-order valence-electron chi connectivity index (χ4n) is 2.74. The summed E-state index contributed by atoms with van der Waals surface area (Å²) >= 11 is 0. The molecular formula is C16H24N2O2. The molecule has 0 spiro atoms. The van der Waals surface area contributed by atoms with Gasteiger partial charge in [-0.15, -0.1) is 0 Å². The first-order chi connectivity index (χ1) is 9.43. The van der Waals surface area contributed by atoms with E-state index in [-0.39, 0.29) is 0 Å². The molecule has 0 heterocycles. The predicted molar refractivity (Wildman–Crippen MR) is 81.9 cm³/mol. The second-order valence-corrected chi connectivity index (χ2v) is 6.34. The lowest BCUT2D eigenvalue weighted by Gasteiger charge is -2.35. The lowest BCUT2D eigenvalue weighted by atomic mass is 9.75. The van der Waals surface area contributed by atoms with Crippen LogP contribution in [0.1, 0.15) is 49.9 Å². The fraction of sp³-hybridized carbons (Fsp3) is 0.562. The Morgan fingerprint density at radius 1 is 1.35 bits per heavy atom. The number of ether oxygens (including phenoxy) is 1. The summed E-state index contributed by atoms with van der Waals surface area (Å²) in [6, 6.07) is 5.87. The average Bonchev–Trinajstić information content (AvgIpc) is 2.42. The highest BCUT2D eigenvalue weighted by Gasteiger charge is 2.27. The number of hydrogen-bond donors (Lipinski definition) is 2. The maximum Gasteiger partial charge on any atom is 0.340 e. The van der Waals surface area contributed by atoms with Gasteiger partial charge in [-0.2, -0.15) is 0 Å². The molecule has 110 valence electrons. The number of anilines is 2. The van der Waals surface area contributed by atoms with Crippen molar-refractivity contribution in [3.05, 3.63) is 23.8 Å². The van der Waals surface area contributed by atoms with Crippen molar-refractivity contribution >= 4 is 17.3 Å². The van der Waals surface area contributed by atoms with Gasteiger partial charge >= 0.3 is 5.97 Å². The van der Waals surface area contributed by atoms with Crippen LogP contribution in [0.3, 0.4) is 0 Å². The highest BCUT2D eigenvalue weighted by Crippen LogP contribution is 2.36. The Kier molecular flexibility index (Phi) is 4.21. The number of para-hydroxylation sites is 1. The SMILES string of the molecule is COC(=O)c1cccc(NC2CCC(C)(C)CC2)c1N. The lowest BCUT2D eigenvalue weighted by Crippen LogP contribution is -2.30. The largest absolute Gasteiger partial charge is 0.465 e. The van der Waals surface area contributed by atoms with Gasteiger partial charge in [0.05, 0.1) is 24.0 Å². The number of esters is 1. The molecule has 0 bridgehead atoms. The van der Waals surface area contributed by atoms with Crippen molar-refractivity contribution in [2.75, 3.05) is 18.2 Å². The molecule has 1 aliphatic rings. The summed E-state index contributed by atoms with van der Waals surface area (Å²) in [5.41, 5.74) is 8.24. The van der Waals surface area contributed by atoms with Crippen LogP contribution < -0.4 is 11.1 Å². The van der Waals surface area contributed by atoms with Gasteiger partial charge in [0.2, 0.25) is 0 Å². The highest BCUT2D eigenvalue weighted by atomic mass is 16.5. The number of benzene rings is 1. The molecule has 0 amide bonds. The van der Waals surface area contributed by atoms with E-state index in [4.69, 9.17) is 10.5 Å². The molecule has 1 aromatic carbocycles. The number of nitrogens with one attached hydrogen (secondary N) is 1. The summed E-state index contributed by atoms with van der Waals surface area (Å²) < 4.78 is 4.74. The van der Waals surface area contributed by atoms with Crippen LogP contribution in [0.25, 0.3) is 0 Å². The first kappa shape index (κ1) is 14.7. The van der Waals surface area contributed by atoms with Gasteiger partial charge in [-0.1, -0.05) is 19.9 Å². The van der Waals surface area contributed by atoms with Gasteiger partial charge < -0.3 is 15.8 Å². The highest BCUT2D eigenvalue weighted by molar-refractivity contribution is 5.98. The van der Waals surface area contributed by atoms with Gasteiger partial charge in [0.15, 0.2) is 0 Å². The van der Waals surface area contributed by atoms with E-state index in [0.29, 0.717) is 22.7 Å². The zero-order valence-corrected chi connectivity index (χ0v) is 12.5. The molecule has 4 heteroatoms. The smallest absolute Gasteiger partial charge is 0.340 e. The number of rotatable bonds is 3. The normalized spacial score (nSPS) is 18.6. The molecule has 0 radical (unpaired) electrons. The third kappa shape index (κ3) is 3.24. The molecule has 1 aromatic rings. The number of nitrogens with two attached hydrogens (primary N) is 1. The zero-order chi connectivity index (χ0) is 14.8. The van der Waals surface area contributed by atoms with E-state index >= 15 is 0 Å². The van der Waals surface area contributed by atoms with Crippen LogP contribution in [0.4, 0.5) is 11.4 Å². The summed E-state index contributed by atoms with van der Waals surface area (Å²) in [5, 5.41) is 3.47. The molecule has 4 nitrogen and oxygen atoms in total. The van der Waals surface area contributed by atoms with Crippen molar-refractivity contribution in [3.8, 4) is 0 Å². The average molecular weight is 276 g/mol. The van der Waals surface area contributed by atoms with Crippen LogP contribution in [0.15, 0.2) is 18.2 Å². The summed E-state index contributed by atoms with van der Waals surface area (Å²) in [7, 11) is 1.37. The number of nitrogen functional groups attached to an aromatic ring is 1. The van der Waals surface area contributed by atoms with Gasteiger partial charge in [-0.25, -0.2) is 4.79 Å². The summed E-state index contributed by atoms with van der Waals surface area (Å²) in [5.74, 6) is -0.393. The minimum absolute atomic E-state index is 0.393. The Hall–Kier alpha value is -1.71. The first-order valence-corrected chi connectivity index (χ1v) is 7.16. The van der Waals surface area contributed by atoms with Crippen molar-refractivity contribution in [3.63, 3.8) is 0 Å². The Morgan fingerprint density at radius 2 is 2.00 bits per heavy atom. The van der Waals surface area contributed by atoms with Crippen molar-refractivity contribution in [2.45, 2.75) is 45.6 Å². The van der Waals surface area contributed by atoms with Crippen LogP contribution in [-0.4, -0.2) is 19.1 Å². The monoisotopic (exact) mass is 276 g/mol. The quantitative estimate of drug-likeness (QED) is 0.655. The summed E-state index contributed by atoms with van der Waals surface area (Å²) in [6.07, 6.45) is 4.69. The predicted octanol–water partition coefficient (Wildman–Crippen LogP) is 3.44. The van der Waals surface area contributed by atoms with Gasteiger partial charge in [0, 0.05) is 6.04 Å². The van der Waals surface area contributed by atoms with E-state index < -0.39 is 5.97 Å². The molecule has 0 saturated heterocycles. The van der Waals surface area contributed by atoms with Crippen LogP contribution in [0.2, 0.25) is 0 Å². The Morgan fingerprint density at radius 3 is 2.60 bits per heavy atom. The number of hydrogen-bond acceptors (Lipinski definition) is 4. The number of carbonyl (C=O) groups is 1.